The van der Waals surface area contributed by atoms with Crippen LogP contribution in [-0.2, 0) is 0 Å². The summed E-state index contributed by atoms with van der Waals surface area (Å²) in [5.41, 5.74) is 7.43. The van der Waals surface area contributed by atoms with Crippen LogP contribution in [0.15, 0.2) is 12.2 Å². The molecule has 0 bridgehead atoms. The zero-order valence-corrected chi connectivity index (χ0v) is 12.8. The maximum absolute atomic E-state index is 5.81. The van der Waals surface area contributed by atoms with Crippen molar-refractivity contribution in [2.45, 2.75) is 50.9 Å². The molecule has 2 N–H and O–H groups in total. The highest BCUT2D eigenvalue weighted by molar-refractivity contribution is 14.1. The number of hydrogen-bond acceptors (Lipinski definition) is 1. The molecule has 1 unspecified atom stereocenters. The molecule has 0 aromatic carbocycles. The Kier molecular flexibility index (Phi) is 7.09. The highest BCUT2D eigenvalue weighted by Gasteiger charge is 2.22. The Morgan fingerprint density at radius 2 is 2.00 bits per heavy atom. The van der Waals surface area contributed by atoms with Gasteiger partial charge in [-0.3, -0.25) is 0 Å². The maximum Gasteiger partial charge on any atom is 0.0170 e. The Bertz CT molecular complexity index is 195. The third-order valence-corrected chi connectivity index (χ3v) is 5.11. The number of nitrogens with two attached hydrogens (primary N) is 1. The molecule has 0 spiro atoms. The van der Waals surface area contributed by atoms with Crippen molar-refractivity contribution in [3.05, 3.63) is 12.2 Å². The average Bonchev–Trinajstić information content (AvgIpc) is 2.17. The summed E-state index contributed by atoms with van der Waals surface area (Å²) in [7, 11) is 0. The van der Waals surface area contributed by atoms with Crippen LogP contribution < -0.4 is 5.73 Å². The first kappa shape index (κ1) is 15.4. The molecule has 0 aliphatic rings. The summed E-state index contributed by atoms with van der Waals surface area (Å²) in [6.07, 6.45) is 3.34. The molecule has 0 aromatic heterocycles. The number of allylic oxidation sites excluding steroid dienone is 1. The van der Waals surface area contributed by atoms with Crippen molar-refractivity contribution in [2.75, 3.05) is 6.54 Å². The summed E-state index contributed by atoms with van der Waals surface area (Å²) in [5.74, 6) is 0.730. The lowest BCUT2D eigenvalue weighted by Crippen LogP contribution is -2.27. The van der Waals surface area contributed by atoms with Crippen molar-refractivity contribution in [1.29, 1.82) is 0 Å². The van der Waals surface area contributed by atoms with E-state index in [9.17, 15) is 0 Å². The second kappa shape index (κ2) is 6.89. The molecule has 2 atom stereocenters. The van der Waals surface area contributed by atoms with E-state index in [4.69, 9.17) is 5.73 Å². The fourth-order valence-corrected chi connectivity index (χ4v) is 2.15. The number of rotatable bonds is 7. The summed E-state index contributed by atoms with van der Waals surface area (Å²) in [4.78, 5) is 0. The van der Waals surface area contributed by atoms with Gasteiger partial charge in [0.15, 0.2) is 0 Å². The summed E-state index contributed by atoms with van der Waals surface area (Å²) in [6, 6.07) is 0. The van der Waals surface area contributed by atoms with Crippen LogP contribution in [0.3, 0.4) is 0 Å². The third kappa shape index (κ3) is 5.91. The first-order valence-electron chi connectivity index (χ1n) is 5.85. The second-order valence-corrected chi connectivity index (χ2v) is 6.86. The Morgan fingerprint density at radius 3 is 2.33 bits per heavy atom. The maximum atomic E-state index is 5.81. The summed E-state index contributed by atoms with van der Waals surface area (Å²) >= 11 is 2.53. The SMILES string of the molecule is C=C(C[C@H](I)C(C)C)CC(C)(CC)CN. The minimum atomic E-state index is 0.254. The minimum Gasteiger partial charge on any atom is -0.330 e. The number of hydrogen-bond donors (Lipinski definition) is 1. The van der Waals surface area contributed by atoms with Crippen LogP contribution in [-0.4, -0.2) is 10.5 Å². The molecule has 90 valence electrons. The fourth-order valence-electron chi connectivity index (χ4n) is 1.53. The van der Waals surface area contributed by atoms with Crippen LogP contribution in [0, 0.1) is 11.3 Å². The molecular formula is C13H26IN. The second-order valence-electron chi connectivity index (χ2n) is 5.26. The lowest BCUT2D eigenvalue weighted by atomic mass is 9.80. The highest BCUT2D eigenvalue weighted by Crippen LogP contribution is 2.31. The van der Waals surface area contributed by atoms with Crippen molar-refractivity contribution in [3.8, 4) is 0 Å². The van der Waals surface area contributed by atoms with E-state index in [0.29, 0.717) is 3.92 Å². The van der Waals surface area contributed by atoms with Gasteiger partial charge in [-0.25, -0.2) is 0 Å². The molecule has 2 heteroatoms. The van der Waals surface area contributed by atoms with Gasteiger partial charge >= 0.3 is 0 Å². The zero-order valence-electron chi connectivity index (χ0n) is 10.6. The van der Waals surface area contributed by atoms with Crippen molar-refractivity contribution in [2.24, 2.45) is 17.1 Å². The van der Waals surface area contributed by atoms with Gasteiger partial charge in [-0.05, 0) is 37.1 Å². The van der Waals surface area contributed by atoms with Gasteiger partial charge < -0.3 is 5.73 Å². The fraction of sp³-hybridized carbons (Fsp3) is 0.846. The molecule has 0 saturated carbocycles. The molecule has 0 aromatic rings. The van der Waals surface area contributed by atoms with Crippen molar-refractivity contribution in [1.82, 2.24) is 0 Å². The van der Waals surface area contributed by atoms with Crippen molar-refractivity contribution < 1.29 is 0 Å². The lowest BCUT2D eigenvalue weighted by molar-refractivity contribution is 0.316. The van der Waals surface area contributed by atoms with Crippen LogP contribution in [0.2, 0.25) is 0 Å². The monoisotopic (exact) mass is 323 g/mol. The van der Waals surface area contributed by atoms with E-state index in [0.717, 1.165) is 31.7 Å². The Labute approximate surface area is 109 Å². The van der Waals surface area contributed by atoms with Gasteiger partial charge in [-0.15, -0.1) is 0 Å². The highest BCUT2D eigenvalue weighted by atomic mass is 127. The van der Waals surface area contributed by atoms with Crippen LogP contribution in [0.4, 0.5) is 0 Å². The molecule has 0 rings (SSSR count). The molecule has 0 saturated heterocycles. The Hall–Kier alpha value is 0.430. The predicted molar refractivity (Wildman–Crippen MR) is 78.5 cm³/mol. The van der Waals surface area contributed by atoms with Crippen molar-refractivity contribution in [3.63, 3.8) is 0 Å². The van der Waals surface area contributed by atoms with Gasteiger partial charge in [0.25, 0.3) is 0 Å². The van der Waals surface area contributed by atoms with E-state index in [1.165, 1.54) is 5.57 Å². The van der Waals surface area contributed by atoms with Gasteiger partial charge in [0.2, 0.25) is 0 Å². The molecular weight excluding hydrogens is 297 g/mol. The summed E-state index contributed by atoms with van der Waals surface area (Å²) in [5, 5.41) is 0. The van der Waals surface area contributed by atoms with Crippen LogP contribution in [0.1, 0.15) is 47.0 Å². The number of halogens is 1. The van der Waals surface area contributed by atoms with Gasteiger partial charge in [0.1, 0.15) is 0 Å². The predicted octanol–water partition coefficient (Wildman–Crippen LogP) is 4.16. The topological polar surface area (TPSA) is 26.0 Å². The van der Waals surface area contributed by atoms with Crippen LogP contribution in [0.5, 0.6) is 0 Å². The van der Waals surface area contributed by atoms with E-state index in [1.807, 2.05) is 0 Å². The summed E-state index contributed by atoms with van der Waals surface area (Å²) in [6.45, 7) is 14.0. The molecule has 0 heterocycles. The van der Waals surface area contributed by atoms with E-state index in [-0.39, 0.29) is 5.41 Å². The largest absolute Gasteiger partial charge is 0.330 e. The smallest absolute Gasteiger partial charge is 0.0170 e. The molecule has 0 fully saturated rings. The zero-order chi connectivity index (χ0) is 12.1. The quantitative estimate of drug-likeness (QED) is 0.425. The summed E-state index contributed by atoms with van der Waals surface area (Å²) < 4.78 is 0.703. The van der Waals surface area contributed by atoms with Gasteiger partial charge in [0, 0.05) is 3.92 Å². The first-order valence-corrected chi connectivity index (χ1v) is 7.10. The Morgan fingerprint density at radius 1 is 1.47 bits per heavy atom. The third-order valence-electron chi connectivity index (χ3n) is 3.23. The Balaban J connectivity index is 4.13. The van der Waals surface area contributed by atoms with Crippen LogP contribution >= 0.6 is 22.6 Å². The van der Waals surface area contributed by atoms with Crippen LogP contribution in [0.25, 0.3) is 0 Å². The van der Waals surface area contributed by atoms with E-state index in [2.05, 4.69) is 56.9 Å². The average molecular weight is 323 g/mol. The van der Waals surface area contributed by atoms with E-state index >= 15 is 0 Å². The van der Waals surface area contributed by atoms with Gasteiger partial charge in [0.05, 0.1) is 0 Å². The number of alkyl halides is 1. The molecule has 0 aliphatic heterocycles. The van der Waals surface area contributed by atoms with E-state index < -0.39 is 0 Å². The molecule has 15 heavy (non-hydrogen) atoms. The molecule has 0 amide bonds. The molecule has 0 radical (unpaired) electrons. The van der Waals surface area contributed by atoms with Gasteiger partial charge in [-0.2, -0.15) is 0 Å². The molecule has 1 nitrogen and oxygen atoms in total. The minimum absolute atomic E-state index is 0.254. The lowest BCUT2D eigenvalue weighted by Gasteiger charge is -2.28. The molecule has 0 aliphatic carbocycles. The van der Waals surface area contributed by atoms with Gasteiger partial charge in [-0.1, -0.05) is 62.4 Å². The van der Waals surface area contributed by atoms with Crippen molar-refractivity contribution >= 4 is 22.6 Å². The first-order chi connectivity index (χ1) is 6.84. The normalized spacial score (nSPS) is 17.5. The standard InChI is InChI=1S/C13H26IN/c1-6-13(5,9-15)8-11(4)7-12(14)10(2)3/h10,12H,4,6-9,15H2,1-3,5H3/t12-,13?/m0/s1. The van der Waals surface area contributed by atoms with E-state index in [1.54, 1.807) is 0 Å².